The molecule has 100 valence electrons. The Labute approximate surface area is 124 Å². The third-order valence-electron chi connectivity index (χ3n) is 2.71. The fraction of sp³-hybridized carbons (Fsp3) is 0.308. The maximum absolute atomic E-state index is 11.0. The minimum absolute atomic E-state index is 0.0507. The van der Waals surface area contributed by atoms with Crippen LogP contribution < -0.4 is 4.90 Å². The predicted molar refractivity (Wildman–Crippen MR) is 82.4 cm³/mol. The second kappa shape index (κ2) is 6.14. The topological polar surface area (TPSA) is 66.3 Å². The molecule has 0 atom stereocenters. The van der Waals surface area contributed by atoms with Gasteiger partial charge < -0.3 is 10.0 Å². The van der Waals surface area contributed by atoms with Crippen molar-refractivity contribution in [3.8, 4) is 0 Å². The van der Waals surface area contributed by atoms with Crippen molar-refractivity contribution >= 4 is 45.3 Å². The number of benzene rings is 1. The van der Waals surface area contributed by atoms with Crippen LogP contribution in [-0.2, 0) is 4.79 Å². The summed E-state index contributed by atoms with van der Waals surface area (Å²) < 4.78 is 1.03. The summed E-state index contributed by atoms with van der Waals surface area (Å²) in [5.41, 5.74) is 0.836. The Morgan fingerprint density at radius 2 is 2.21 bits per heavy atom. The van der Waals surface area contributed by atoms with Gasteiger partial charge >= 0.3 is 5.97 Å². The molecule has 0 spiro atoms. The van der Waals surface area contributed by atoms with E-state index in [2.05, 4.69) is 32.6 Å². The van der Waals surface area contributed by atoms with Gasteiger partial charge in [-0.05, 0) is 41.1 Å². The van der Waals surface area contributed by atoms with Gasteiger partial charge in [-0.3, -0.25) is 4.79 Å². The lowest BCUT2D eigenvalue weighted by Crippen LogP contribution is -2.31. The molecule has 0 amide bonds. The number of carboxylic acids is 1. The Morgan fingerprint density at radius 1 is 1.42 bits per heavy atom. The average molecular weight is 371 g/mol. The smallest absolute Gasteiger partial charge is 0.323 e. The van der Waals surface area contributed by atoms with Gasteiger partial charge in [0.25, 0.3) is 0 Å². The normalized spacial score (nSPS) is 10.6. The van der Waals surface area contributed by atoms with Crippen LogP contribution in [0.25, 0.3) is 10.9 Å². The Balaban J connectivity index is 2.55. The van der Waals surface area contributed by atoms with E-state index in [1.54, 1.807) is 4.90 Å². The molecule has 0 unspecified atom stereocenters. The first-order valence-corrected chi connectivity index (χ1v) is 7.07. The van der Waals surface area contributed by atoms with E-state index in [9.17, 15) is 4.79 Å². The lowest BCUT2D eigenvalue weighted by atomic mass is 10.2. The van der Waals surface area contributed by atoms with E-state index in [-0.39, 0.29) is 6.54 Å². The third kappa shape index (κ3) is 3.12. The number of hydrogen-bond donors (Lipinski definition) is 1. The Bertz CT molecular complexity index is 598. The van der Waals surface area contributed by atoms with Crippen LogP contribution in [0.2, 0.25) is 0 Å². The monoisotopic (exact) mass is 371 g/mol. The van der Waals surface area contributed by atoms with Crippen molar-refractivity contribution in [3.05, 3.63) is 28.1 Å². The minimum atomic E-state index is -0.855. The maximum Gasteiger partial charge on any atom is 0.323 e. The average Bonchev–Trinajstić information content (AvgIpc) is 2.37. The van der Waals surface area contributed by atoms with Crippen LogP contribution >= 0.6 is 22.6 Å². The van der Waals surface area contributed by atoms with E-state index in [4.69, 9.17) is 5.11 Å². The Hall–Kier alpha value is -1.44. The lowest BCUT2D eigenvalue weighted by Gasteiger charge is -2.22. The van der Waals surface area contributed by atoms with Crippen molar-refractivity contribution in [2.75, 3.05) is 18.0 Å². The van der Waals surface area contributed by atoms with Crippen LogP contribution in [0.5, 0.6) is 0 Å². The largest absolute Gasteiger partial charge is 0.480 e. The highest BCUT2D eigenvalue weighted by Crippen LogP contribution is 2.27. The van der Waals surface area contributed by atoms with Gasteiger partial charge in [0, 0.05) is 10.1 Å². The molecular formula is C13H14IN3O2. The fourth-order valence-electron chi connectivity index (χ4n) is 1.98. The molecule has 0 saturated carbocycles. The summed E-state index contributed by atoms with van der Waals surface area (Å²) in [4.78, 5) is 21.3. The zero-order chi connectivity index (χ0) is 13.8. The van der Waals surface area contributed by atoms with E-state index < -0.39 is 5.97 Å². The number of rotatable bonds is 5. The highest BCUT2D eigenvalue weighted by molar-refractivity contribution is 14.1. The molecule has 2 aromatic rings. The summed E-state index contributed by atoms with van der Waals surface area (Å²) in [5.74, 6) is -0.162. The summed E-state index contributed by atoms with van der Waals surface area (Å²) in [6, 6.07) is 5.82. The Kier molecular flexibility index (Phi) is 4.52. The summed E-state index contributed by atoms with van der Waals surface area (Å²) in [7, 11) is 0. The summed E-state index contributed by atoms with van der Waals surface area (Å²) in [6.07, 6.45) is 2.35. The SMILES string of the molecule is CCCN(CC(=O)O)c1ncnc2cccc(I)c12. The van der Waals surface area contributed by atoms with Crippen molar-refractivity contribution in [3.63, 3.8) is 0 Å². The van der Waals surface area contributed by atoms with Crippen LogP contribution in [-0.4, -0.2) is 34.1 Å². The van der Waals surface area contributed by atoms with Crippen molar-refractivity contribution in [1.29, 1.82) is 0 Å². The molecule has 2 rings (SSSR count). The number of aromatic nitrogens is 2. The molecule has 0 fully saturated rings. The number of anilines is 1. The van der Waals surface area contributed by atoms with Crippen LogP contribution in [0.4, 0.5) is 5.82 Å². The summed E-state index contributed by atoms with van der Waals surface area (Å²) in [6.45, 7) is 2.62. The van der Waals surface area contributed by atoms with Gasteiger partial charge in [0.05, 0.1) is 10.9 Å². The van der Waals surface area contributed by atoms with Crippen molar-refractivity contribution in [2.24, 2.45) is 0 Å². The molecule has 1 heterocycles. The van der Waals surface area contributed by atoms with E-state index >= 15 is 0 Å². The first-order chi connectivity index (χ1) is 9.13. The lowest BCUT2D eigenvalue weighted by molar-refractivity contribution is -0.135. The van der Waals surface area contributed by atoms with Gasteiger partial charge in [-0.15, -0.1) is 0 Å². The fourth-order valence-corrected chi connectivity index (χ4v) is 2.71. The van der Waals surface area contributed by atoms with Gasteiger partial charge in [0.1, 0.15) is 18.7 Å². The van der Waals surface area contributed by atoms with Crippen LogP contribution in [0, 0.1) is 3.57 Å². The number of carbonyl (C=O) groups is 1. The molecule has 0 radical (unpaired) electrons. The number of aliphatic carboxylic acids is 1. The first kappa shape index (κ1) is 14.0. The predicted octanol–water partition coefficient (Wildman–Crippen LogP) is 2.54. The second-order valence-corrected chi connectivity index (χ2v) is 5.31. The van der Waals surface area contributed by atoms with E-state index in [1.165, 1.54) is 6.33 Å². The molecule has 0 aliphatic heterocycles. The number of carboxylic acid groups (broad SMARTS) is 1. The van der Waals surface area contributed by atoms with Gasteiger partial charge in [0.15, 0.2) is 0 Å². The second-order valence-electron chi connectivity index (χ2n) is 4.15. The molecule has 6 heteroatoms. The summed E-state index contributed by atoms with van der Waals surface area (Å²) >= 11 is 2.23. The van der Waals surface area contributed by atoms with Gasteiger partial charge in [-0.25, -0.2) is 9.97 Å². The zero-order valence-corrected chi connectivity index (χ0v) is 12.7. The molecule has 1 aromatic carbocycles. The number of fused-ring (bicyclic) bond motifs is 1. The number of nitrogens with zero attached hydrogens (tertiary/aromatic N) is 3. The molecular weight excluding hydrogens is 357 g/mol. The van der Waals surface area contributed by atoms with Crippen LogP contribution in [0.1, 0.15) is 13.3 Å². The van der Waals surface area contributed by atoms with E-state index in [1.807, 2.05) is 25.1 Å². The Morgan fingerprint density at radius 3 is 2.89 bits per heavy atom. The van der Waals surface area contributed by atoms with Gasteiger partial charge in [0.2, 0.25) is 0 Å². The number of halogens is 1. The molecule has 0 bridgehead atoms. The van der Waals surface area contributed by atoms with Crippen LogP contribution in [0.15, 0.2) is 24.5 Å². The number of hydrogen-bond acceptors (Lipinski definition) is 4. The molecule has 1 aromatic heterocycles. The molecule has 5 nitrogen and oxygen atoms in total. The van der Waals surface area contributed by atoms with E-state index in [0.717, 1.165) is 20.9 Å². The third-order valence-corrected chi connectivity index (χ3v) is 3.61. The molecule has 1 N–H and O–H groups in total. The van der Waals surface area contributed by atoms with E-state index in [0.29, 0.717) is 12.4 Å². The van der Waals surface area contributed by atoms with Crippen molar-refractivity contribution in [2.45, 2.75) is 13.3 Å². The first-order valence-electron chi connectivity index (χ1n) is 5.99. The molecule has 19 heavy (non-hydrogen) atoms. The zero-order valence-electron chi connectivity index (χ0n) is 10.5. The molecule has 0 saturated heterocycles. The quantitative estimate of drug-likeness (QED) is 0.819. The maximum atomic E-state index is 11.0. The van der Waals surface area contributed by atoms with Crippen molar-refractivity contribution in [1.82, 2.24) is 9.97 Å². The molecule has 0 aliphatic rings. The van der Waals surface area contributed by atoms with Crippen molar-refractivity contribution < 1.29 is 9.90 Å². The highest BCUT2D eigenvalue weighted by atomic mass is 127. The summed E-state index contributed by atoms with van der Waals surface area (Å²) in [5, 5.41) is 9.94. The van der Waals surface area contributed by atoms with Crippen LogP contribution in [0.3, 0.4) is 0 Å². The highest BCUT2D eigenvalue weighted by Gasteiger charge is 2.16. The van der Waals surface area contributed by atoms with Gasteiger partial charge in [-0.1, -0.05) is 13.0 Å². The standard InChI is InChI=1S/C13H14IN3O2/c1-2-6-17(7-11(18)19)13-12-9(14)4-3-5-10(12)15-8-16-13/h3-5,8H,2,6-7H2,1H3,(H,18,19). The van der Waals surface area contributed by atoms with Gasteiger partial charge in [-0.2, -0.15) is 0 Å². The minimum Gasteiger partial charge on any atom is -0.480 e. The molecule has 0 aliphatic carbocycles.